The lowest BCUT2D eigenvalue weighted by Gasteiger charge is -2.07. The van der Waals surface area contributed by atoms with Crippen molar-refractivity contribution in [2.75, 3.05) is 6.26 Å². The number of hydrogen-bond donors (Lipinski definition) is 0. The maximum Gasteiger partial charge on any atom is 0.199 e. The Kier molecular flexibility index (Phi) is 4.32. The Morgan fingerprint density at radius 2 is 2.11 bits per heavy atom. The number of carbonyl (C=O) groups is 1. The SMILES string of the molecule is CSc1cc(Cl)ccc1C(=O)c1cnoc1C(C)C. The van der Waals surface area contributed by atoms with Gasteiger partial charge < -0.3 is 4.52 Å². The van der Waals surface area contributed by atoms with Gasteiger partial charge in [0.25, 0.3) is 0 Å². The van der Waals surface area contributed by atoms with Crippen LogP contribution in [0.25, 0.3) is 0 Å². The predicted octanol–water partition coefficient (Wildman–Crippen LogP) is 4.40. The van der Waals surface area contributed by atoms with Gasteiger partial charge in [-0.25, -0.2) is 0 Å². The number of rotatable bonds is 4. The van der Waals surface area contributed by atoms with Gasteiger partial charge in [-0.2, -0.15) is 0 Å². The highest BCUT2D eigenvalue weighted by molar-refractivity contribution is 7.98. The second-order valence-corrected chi connectivity index (χ2v) is 5.72. The number of aromatic nitrogens is 1. The minimum Gasteiger partial charge on any atom is -0.360 e. The second-order valence-electron chi connectivity index (χ2n) is 4.43. The molecule has 0 atom stereocenters. The van der Waals surface area contributed by atoms with Crippen molar-refractivity contribution in [1.29, 1.82) is 0 Å². The van der Waals surface area contributed by atoms with E-state index in [0.29, 0.717) is 21.9 Å². The zero-order chi connectivity index (χ0) is 14.0. The molecule has 0 saturated carbocycles. The van der Waals surface area contributed by atoms with Crippen LogP contribution in [0, 0.1) is 0 Å². The maximum atomic E-state index is 12.6. The predicted molar refractivity (Wildman–Crippen MR) is 77.3 cm³/mol. The first-order chi connectivity index (χ1) is 9.04. The van der Waals surface area contributed by atoms with Gasteiger partial charge in [0.2, 0.25) is 0 Å². The molecule has 5 heteroatoms. The highest BCUT2D eigenvalue weighted by Gasteiger charge is 2.22. The second kappa shape index (κ2) is 5.80. The Bertz CT molecular complexity index is 607. The van der Waals surface area contributed by atoms with Crippen LogP contribution in [0.1, 0.15) is 41.4 Å². The van der Waals surface area contributed by atoms with Crippen LogP contribution in [-0.4, -0.2) is 17.2 Å². The van der Waals surface area contributed by atoms with Crippen LogP contribution in [0.2, 0.25) is 5.02 Å². The molecule has 0 aliphatic rings. The van der Waals surface area contributed by atoms with E-state index in [1.807, 2.05) is 20.1 Å². The number of hydrogen-bond acceptors (Lipinski definition) is 4. The van der Waals surface area contributed by atoms with E-state index in [1.54, 1.807) is 18.2 Å². The Hall–Kier alpha value is -1.26. The fourth-order valence-corrected chi connectivity index (χ4v) is 2.70. The van der Waals surface area contributed by atoms with Crippen LogP contribution in [0.4, 0.5) is 0 Å². The molecule has 0 radical (unpaired) electrons. The minimum atomic E-state index is -0.0778. The van der Waals surface area contributed by atoms with E-state index in [-0.39, 0.29) is 11.7 Å². The zero-order valence-corrected chi connectivity index (χ0v) is 12.5. The zero-order valence-electron chi connectivity index (χ0n) is 10.9. The topological polar surface area (TPSA) is 43.1 Å². The standard InChI is InChI=1S/C14H14ClNO2S/c1-8(2)14-11(7-16-18-14)13(17)10-5-4-9(15)6-12(10)19-3/h4-8H,1-3H3. The third-order valence-electron chi connectivity index (χ3n) is 2.78. The number of ketones is 1. The van der Waals surface area contributed by atoms with Gasteiger partial charge in [-0.3, -0.25) is 4.79 Å². The number of benzene rings is 1. The Morgan fingerprint density at radius 3 is 2.74 bits per heavy atom. The van der Waals surface area contributed by atoms with Crippen molar-refractivity contribution in [1.82, 2.24) is 5.16 Å². The lowest BCUT2D eigenvalue weighted by atomic mass is 10.00. The average molecular weight is 296 g/mol. The molecule has 2 aromatic rings. The Labute approximate surface area is 121 Å². The van der Waals surface area contributed by atoms with Crippen molar-refractivity contribution < 1.29 is 9.32 Å². The van der Waals surface area contributed by atoms with Crippen LogP contribution in [0.5, 0.6) is 0 Å². The normalized spacial score (nSPS) is 11.0. The molecule has 1 aromatic heterocycles. The molecule has 0 saturated heterocycles. The van der Waals surface area contributed by atoms with Crippen LogP contribution in [0.3, 0.4) is 0 Å². The molecule has 3 nitrogen and oxygen atoms in total. The van der Waals surface area contributed by atoms with E-state index in [9.17, 15) is 4.79 Å². The first-order valence-electron chi connectivity index (χ1n) is 5.87. The number of thioether (sulfide) groups is 1. The van der Waals surface area contributed by atoms with Gasteiger partial charge in [0, 0.05) is 21.4 Å². The highest BCUT2D eigenvalue weighted by atomic mass is 35.5. The van der Waals surface area contributed by atoms with E-state index >= 15 is 0 Å². The third-order valence-corrected chi connectivity index (χ3v) is 3.79. The molecule has 19 heavy (non-hydrogen) atoms. The summed E-state index contributed by atoms with van der Waals surface area (Å²) in [5.74, 6) is 0.657. The van der Waals surface area contributed by atoms with E-state index in [2.05, 4.69) is 5.16 Å². The van der Waals surface area contributed by atoms with Crippen molar-refractivity contribution in [3.05, 3.63) is 46.3 Å². The summed E-state index contributed by atoms with van der Waals surface area (Å²) in [6.07, 6.45) is 3.40. The van der Waals surface area contributed by atoms with Gasteiger partial charge in [-0.05, 0) is 24.5 Å². The molecule has 0 aliphatic heterocycles. The molecule has 0 N–H and O–H groups in total. The van der Waals surface area contributed by atoms with Gasteiger partial charge in [-0.15, -0.1) is 11.8 Å². The maximum absolute atomic E-state index is 12.6. The fraction of sp³-hybridized carbons (Fsp3) is 0.286. The van der Waals surface area contributed by atoms with E-state index < -0.39 is 0 Å². The van der Waals surface area contributed by atoms with Gasteiger partial charge in [0.1, 0.15) is 5.76 Å². The summed E-state index contributed by atoms with van der Waals surface area (Å²) in [6, 6.07) is 5.26. The molecule has 0 amide bonds. The highest BCUT2D eigenvalue weighted by Crippen LogP contribution is 2.28. The summed E-state index contributed by atoms with van der Waals surface area (Å²) >= 11 is 7.44. The number of carbonyl (C=O) groups excluding carboxylic acids is 1. The van der Waals surface area contributed by atoms with Gasteiger partial charge in [-0.1, -0.05) is 30.6 Å². The lowest BCUT2D eigenvalue weighted by Crippen LogP contribution is -2.05. The monoisotopic (exact) mass is 295 g/mol. The van der Waals surface area contributed by atoms with Crippen LogP contribution in [0.15, 0.2) is 33.8 Å². The molecule has 1 heterocycles. The summed E-state index contributed by atoms with van der Waals surface area (Å²) in [5, 5.41) is 4.35. The molecule has 0 aliphatic carbocycles. The van der Waals surface area contributed by atoms with Gasteiger partial charge in [0.05, 0.1) is 11.8 Å². The summed E-state index contributed by atoms with van der Waals surface area (Å²) in [7, 11) is 0. The van der Waals surface area contributed by atoms with Crippen LogP contribution >= 0.6 is 23.4 Å². The molecular weight excluding hydrogens is 282 g/mol. The van der Waals surface area contributed by atoms with Crippen molar-refractivity contribution in [3.8, 4) is 0 Å². The molecule has 0 spiro atoms. The first-order valence-corrected chi connectivity index (χ1v) is 7.47. The molecule has 0 unspecified atom stereocenters. The van der Waals surface area contributed by atoms with Gasteiger partial charge >= 0.3 is 0 Å². The molecule has 1 aromatic carbocycles. The molecule has 0 fully saturated rings. The third kappa shape index (κ3) is 2.85. The molecule has 100 valence electrons. The first kappa shape index (κ1) is 14.2. The van der Waals surface area contributed by atoms with E-state index in [1.165, 1.54) is 18.0 Å². The smallest absolute Gasteiger partial charge is 0.199 e. The van der Waals surface area contributed by atoms with E-state index in [0.717, 1.165) is 4.90 Å². The Morgan fingerprint density at radius 1 is 1.37 bits per heavy atom. The van der Waals surface area contributed by atoms with Crippen molar-refractivity contribution in [2.24, 2.45) is 0 Å². The van der Waals surface area contributed by atoms with Crippen LogP contribution < -0.4 is 0 Å². The summed E-state index contributed by atoms with van der Waals surface area (Å²) in [4.78, 5) is 13.4. The lowest BCUT2D eigenvalue weighted by molar-refractivity contribution is 0.103. The molecule has 2 rings (SSSR count). The van der Waals surface area contributed by atoms with Crippen molar-refractivity contribution >= 4 is 29.1 Å². The van der Waals surface area contributed by atoms with Crippen LogP contribution in [-0.2, 0) is 0 Å². The summed E-state index contributed by atoms with van der Waals surface area (Å²) in [6.45, 7) is 3.93. The summed E-state index contributed by atoms with van der Waals surface area (Å²) < 4.78 is 5.16. The number of halogens is 1. The van der Waals surface area contributed by atoms with Crippen molar-refractivity contribution in [3.63, 3.8) is 0 Å². The molecule has 0 bridgehead atoms. The summed E-state index contributed by atoms with van der Waals surface area (Å²) in [5.41, 5.74) is 1.15. The fourth-order valence-electron chi connectivity index (χ4n) is 1.83. The van der Waals surface area contributed by atoms with Crippen molar-refractivity contribution in [2.45, 2.75) is 24.7 Å². The van der Waals surface area contributed by atoms with E-state index in [4.69, 9.17) is 16.1 Å². The minimum absolute atomic E-state index is 0.0778. The molecular formula is C14H14ClNO2S. The largest absolute Gasteiger partial charge is 0.360 e. The quantitative estimate of drug-likeness (QED) is 0.619. The Balaban J connectivity index is 2.47. The average Bonchev–Trinajstić information content (AvgIpc) is 2.87. The number of nitrogens with zero attached hydrogens (tertiary/aromatic N) is 1. The van der Waals surface area contributed by atoms with Gasteiger partial charge in [0.15, 0.2) is 5.78 Å².